The van der Waals surface area contributed by atoms with E-state index in [-0.39, 0.29) is 16.8 Å². The molecule has 0 saturated carbocycles. The molecule has 1 amide bonds. The van der Waals surface area contributed by atoms with Crippen LogP contribution >= 0.6 is 0 Å². The van der Waals surface area contributed by atoms with Crippen molar-refractivity contribution in [3.63, 3.8) is 0 Å². The number of aryl methyl sites for hydroxylation is 1. The molecule has 0 bridgehead atoms. The second-order valence-corrected chi connectivity index (χ2v) is 9.83. The SMILES string of the molecule is CCc1ccc([C@@H](CNC(=O)c2ccc(S(=O)(=O)Nc3ccc(OC)cc3)cc2)N(C)C)cc1. The summed E-state index contributed by atoms with van der Waals surface area (Å²) in [6, 6.07) is 20.9. The van der Waals surface area contributed by atoms with Crippen molar-refractivity contribution in [1.82, 2.24) is 10.2 Å². The molecule has 0 aliphatic carbocycles. The number of likely N-dealkylation sites (N-methyl/N-ethyl adjacent to an activating group) is 1. The molecule has 8 heteroatoms. The Kier molecular flexibility index (Phi) is 8.31. The van der Waals surface area contributed by atoms with Crippen LogP contribution in [0.25, 0.3) is 0 Å². The first kappa shape index (κ1) is 25.3. The lowest BCUT2D eigenvalue weighted by Gasteiger charge is -2.25. The fraction of sp³-hybridized carbons (Fsp3) is 0.269. The van der Waals surface area contributed by atoms with Gasteiger partial charge in [0.15, 0.2) is 0 Å². The summed E-state index contributed by atoms with van der Waals surface area (Å²) in [4.78, 5) is 14.8. The quantitative estimate of drug-likeness (QED) is 0.455. The topological polar surface area (TPSA) is 87.7 Å². The molecule has 0 fully saturated rings. The van der Waals surface area contributed by atoms with E-state index in [9.17, 15) is 13.2 Å². The molecule has 2 N–H and O–H groups in total. The monoisotopic (exact) mass is 481 g/mol. The van der Waals surface area contributed by atoms with Crippen LogP contribution < -0.4 is 14.8 Å². The Labute approximate surface area is 201 Å². The standard InChI is InChI=1S/C26H31N3O4S/c1-5-19-6-8-20(9-7-19)25(29(2)3)18-27-26(30)21-10-16-24(17-11-21)34(31,32)28-22-12-14-23(33-4)15-13-22/h6-17,25,28H,5,18H2,1-4H3,(H,27,30)/t25-/m1/s1. The summed E-state index contributed by atoms with van der Waals surface area (Å²) in [5.41, 5.74) is 3.20. The molecule has 0 aromatic heterocycles. The Hall–Kier alpha value is -3.36. The van der Waals surface area contributed by atoms with Gasteiger partial charge in [0, 0.05) is 17.8 Å². The van der Waals surface area contributed by atoms with Crippen LogP contribution in [-0.4, -0.2) is 47.0 Å². The van der Waals surface area contributed by atoms with Crippen LogP contribution in [0.3, 0.4) is 0 Å². The minimum Gasteiger partial charge on any atom is -0.497 e. The number of hydrogen-bond acceptors (Lipinski definition) is 5. The summed E-state index contributed by atoms with van der Waals surface area (Å²) in [5, 5.41) is 2.96. The zero-order valence-electron chi connectivity index (χ0n) is 19.9. The maximum absolute atomic E-state index is 12.7. The van der Waals surface area contributed by atoms with Crippen molar-refractivity contribution in [2.45, 2.75) is 24.3 Å². The number of amides is 1. The van der Waals surface area contributed by atoms with Crippen LogP contribution in [0.15, 0.2) is 77.7 Å². The largest absolute Gasteiger partial charge is 0.497 e. The summed E-state index contributed by atoms with van der Waals surface area (Å²) in [7, 11) is 1.70. The van der Waals surface area contributed by atoms with Crippen molar-refractivity contribution in [2.75, 3.05) is 32.5 Å². The Bertz CT molecular complexity index is 1190. The van der Waals surface area contributed by atoms with Crippen molar-refractivity contribution in [3.8, 4) is 5.75 Å². The van der Waals surface area contributed by atoms with E-state index in [0.717, 1.165) is 12.0 Å². The number of anilines is 1. The van der Waals surface area contributed by atoms with Crippen molar-refractivity contribution in [3.05, 3.63) is 89.5 Å². The van der Waals surface area contributed by atoms with E-state index >= 15 is 0 Å². The predicted molar refractivity (Wildman–Crippen MR) is 135 cm³/mol. The van der Waals surface area contributed by atoms with Crippen molar-refractivity contribution >= 4 is 21.6 Å². The number of nitrogens with zero attached hydrogens (tertiary/aromatic N) is 1. The van der Waals surface area contributed by atoms with Gasteiger partial charge < -0.3 is 15.0 Å². The fourth-order valence-corrected chi connectivity index (χ4v) is 4.58. The van der Waals surface area contributed by atoms with Crippen molar-refractivity contribution < 1.29 is 17.9 Å². The number of rotatable bonds is 10. The third kappa shape index (κ3) is 6.36. The third-order valence-corrected chi connectivity index (χ3v) is 7.02. The van der Waals surface area contributed by atoms with Crippen molar-refractivity contribution in [1.29, 1.82) is 0 Å². The highest BCUT2D eigenvalue weighted by atomic mass is 32.2. The molecule has 1 atom stereocenters. The Morgan fingerprint density at radius 2 is 1.56 bits per heavy atom. The van der Waals surface area contributed by atoms with Gasteiger partial charge in [0.25, 0.3) is 15.9 Å². The number of sulfonamides is 1. The maximum Gasteiger partial charge on any atom is 0.261 e. The lowest BCUT2D eigenvalue weighted by molar-refractivity contribution is 0.0942. The van der Waals surface area contributed by atoms with E-state index in [1.54, 1.807) is 31.4 Å². The molecular weight excluding hydrogens is 450 g/mol. The fourth-order valence-electron chi connectivity index (χ4n) is 3.52. The van der Waals surface area contributed by atoms with E-state index in [0.29, 0.717) is 23.5 Å². The van der Waals surface area contributed by atoms with Gasteiger partial charge in [0.2, 0.25) is 0 Å². The molecule has 180 valence electrons. The molecule has 7 nitrogen and oxygen atoms in total. The molecular formula is C26H31N3O4S. The van der Waals surface area contributed by atoms with Gasteiger partial charge in [-0.05, 0) is 80.2 Å². The van der Waals surface area contributed by atoms with Crippen LogP contribution in [0.5, 0.6) is 5.75 Å². The number of carbonyl (C=O) groups is 1. The normalized spacial score (nSPS) is 12.3. The summed E-state index contributed by atoms with van der Waals surface area (Å²) >= 11 is 0. The summed E-state index contributed by atoms with van der Waals surface area (Å²) in [6.07, 6.45) is 0.977. The van der Waals surface area contributed by atoms with Gasteiger partial charge >= 0.3 is 0 Å². The van der Waals surface area contributed by atoms with E-state index in [2.05, 4.69) is 46.1 Å². The molecule has 3 rings (SSSR count). The lowest BCUT2D eigenvalue weighted by atomic mass is 10.0. The van der Waals surface area contributed by atoms with E-state index in [1.807, 2.05) is 14.1 Å². The van der Waals surface area contributed by atoms with Gasteiger partial charge in [0.05, 0.1) is 18.0 Å². The molecule has 3 aromatic rings. The summed E-state index contributed by atoms with van der Waals surface area (Å²) < 4.78 is 33.0. The van der Waals surface area contributed by atoms with Gasteiger partial charge in [-0.15, -0.1) is 0 Å². The second kappa shape index (κ2) is 11.2. The van der Waals surface area contributed by atoms with Gasteiger partial charge in [-0.2, -0.15) is 0 Å². The Balaban J connectivity index is 1.65. The number of ether oxygens (including phenoxy) is 1. The maximum atomic E-state index is 12.7. The first-order valence-corrected chi connectivity index (χ1v) is 12.5. The molecule has 0 heterocycles. The first-order valence-electron chi connectivity index (χ1n) is 11.0. The predicted octanol–water partition coefficient (Wildman–Crippen LogP) is 4.09. The van der Waals surface area contributed by atoms with Gasteiger partial charge in [-0.1, -0.05) is 31.2 Å². The third-order valence-electron chi connectivity index (χ3n) is 5.62. The zero-order valence-corrected chi connectivity index (χ0v) is 20.7. The average Bonchev–Trinajstić information content (AvgIpc) is 2.84. The molecule has 0 aliphatic rings. The minimum atomic E-state index is -3.78. The molecule has 0 saturated heterocycles. The number of hydrogen-bond donors (Lipinski definition) is 2. The summed E-state index contributed by atoms with van der Waals surface area (Å²) in [6.45, 7) is 2.54. The number of methoxy groups -OCH3 is 1. The van der Waals surface area contributed by atoms with Gasteiger partial charge in [-0.3, -0.25) is 9.52 Å². The van der Waals surface area contributed by atoms with E-state index < -0.39 is 10.0 Å². The Morgan fingerprint density at radius 1 is 0.941 bits per heavy atom. The van der Waals surface area contributed by atoms with Crippen LogP contribution in [0.1, 0.15) is 34.5 Å². The second-order valence-electron chi connectivity index (χ2n) is 8.14. The highest BCUT2D eigenvalue weighted by molar-refractivity contribution is 7.92. The van der Waals surface area contributed by atoms with Crippen molar-refractivity contribution in [2.24, 2.45) is 0 Å². The molecule has 0 unspecified atom stereocenters. The Morgan fingerprint density at radius 3 is 2.09 bits per heavy atom. The number of carbonyl (C=O) groups excluding carboxylic acids is 1. The number of benzene rings is 3. The van der Waals surface area contributed by atoms with Crippen LogP contribution in [0.2, 0.25) is 0 Å². The summed E-state index contributed by atoms with van der Waals surface area (Å²) in [5.74, 6) is 0.372. The smallest absolute Gasteiger partial charge is 0.261 e. The van der Waals surface area contributed by atoms with Crippen LogP contribution in [0, 0.1) is 0 Å². The average molecular weight is 482 g/mol. The van der Waals surface area contributed by atoms with Crippen LogP contribution in [0.4, 0.5) is 5.69 Å². The lowest BCUT2D eigenvalue weighted by Crippen LogP contribution is -2.34. The molecule has 0 spiro atoms. The zero-order chi connectivity index (χ0) is 24.7. The molecule has 34 heavy (non-hydrogen) atoms. The van der Waals surface area contributed by atoms with Gasteiger partial charge in [-0.25, -0.2) is 8.42 Å². The highest BCUT2D eigenvalue weighted by Crippen LogP contribution is 2.21. The number of nitrogens with one attached hydrogen (secondary N) is 2. The minimum absolute atomic E-state index is 0.0169. The molecule has 3 aromatic carbocycles. The first-order chi connectivity index (χ1) is 16.2. The van der Waals surface area contributed by atoms with E-state index in [1.165, 1.54) is 29.8 Å². The van der Waals surface area contributed by atoms with Gasteiger partial charge in [0.1, 0.15) is 5.75 Å². The van der Waals surface area contributed by atoms with Crippen LogP contribution in [-0.2, 0) is 16.4 Å². The highest BCUT2D eigenvalue weighted by Gasteiger charge is 2.18. The molecule has 0 aliphatic heterocycles. The molecule has 0 radical (unpaired) electrons. The van der Waals surface area contributed by atoms with E-state index in [4.69, 9.17) is 4.74 Å².